The number of alkyl halides is 1. The van der Waals surface area contributed by atoms with Gasteiger partial charge in [-0.15, -0.1) is 0 Å². The summed E-state index contributed by atoms with van der Waals surface area (Å²) in [7, 11) is -3.40. The molecular formula is C24H27BrO7S. The normalized spacial score (nSPS) is 12.0. The van der Waals surface area contributed by atoms with E-state index in [4.69, 9.17) is 14.2 Å². The molecule has 0 amide bonds. The number of unbranched alkanes of at least 4 members (excludes halogenated alkanes) is 1. The van der Waals surface area contributed by atoms with Crippen LogP contribution in [0.5, 0.6) is 0 Å². The third-order valence-corrected chi connectivity index (χ3v) is 6.25. The molecule has 0 saturated heterocycles. The lowest BCUT2D eigenvalue weighted by Gasteiger charge is -2.16. The van der Waals surface area contributed by atoms with Crippen LogP contribution in [-0.4, -0.2) is 51.9 Å². The number of rotatable bonds is 11. The minimum Gasteiger partial charge on any atom is -0.462 e. The van der Waals surface area contributed by atoms with Crippen molar-refractivity contribution < 1.29 is 32.2 Å². The third kappa shape index (κ3) is 8.33. The maximum Gasteiger partial charge on any atom is 0.508 e. The van der Waals surface area contributed by atoms with E-state index in [0.717, 1.165) is 18.0 Å². The van der Waals surface area contributed by atoms with Crippen LogP contribution in [0.3, 0.4) is 0 Å². The van der Waals surface area contributed by atoms with Crippen LogP contribution in [0.2, 0.25) is 0 Å². The summed E-state index contributed by atoms with van der Waals surface area (Å²) in [6.45, 7) is 1.81. The Morgan fingerprint density at radius 2 is 1.55 bits per heavy atom. The zero-order valence-corrected chi connectivity index (χ0v) is 21.0. The van der Waals surface area contributed by atoms with Crippen molar-refractivity contribution in [2.75, 3.05) is 31.4 Å². The van der Waals surface area contributed by atoms with Crippen LogP contribution in [0.25, 0.3) is 11.1 Å². The van der Waals surface area contributed by atoms with Crippen molar-refractivity contribution in [2.24, 2.45) is 0 Å². The SMILES string of the molecule is CCOC(=O)C(=C(COC(=O)OCCCCBr)c1ccc(S(C)(=O)=O)cc1)c1ccccc1. The van der Waals surface area contributed by atoms with Gasteiger partial charge in [0.15, 0.2) is 9.84 Å². The minimum atomic E-state index is -3.40. The fraction of sp³-hybridized carbons (Fsp3) is 0.333. The fourth-order valence-corrected chi connectivity index (χ4v) is 3.98. The van der Waals surface area contributed by atoms with E-state index in [2.05, 4.69) is 15.9 Å². The van der Waals surface area contributed by atoms with Gasteiger partial charge in [-0.1, -0.05) is 58.4 Å². The van der Waals surface area contributed by atoms with E-state index in [-0.39, 0.29) is 30.3 Å². The molecule has 2 aromatic rings. The molecule has 0 spiro atoms. The first-order chi connectivity index (χ1) is 15.8. The highest BCUT2D eigenvalue weighted by molar-refractivity contribution is 9.09. The first-order valence-corrected chi connectivity index (χ1v) is 13.4. The lowest BCUT2D eigenvalue weighted by atomic mass is 9.95. The molecular weight excluding hydrogens is 512 g/mol. The maximum absolute atomic E-state index is 12.9. The highest BCUT2D eigenvalue weighted by atomic mass is 79.9. The molecule has 178 valence electrons. The lowest BCUT2D eigenvalue weighted by Crippen LogP contribution is -2.15. The Labute approximate surface area is 202 Å². The molecule has 0 N–H and O–H groups in total. The van der Waals surface area contributed by atoms with E-state index in [1.54, 1.807) is 43.3 Å². The molecule has 0 saturated carbocycles. The van der Waals surface area contributed by atoms with Crippen molar-refractivity contribution in [2.45, 2.75) is 24.7 Å². The number of hydrogen-bond acceptors (Lipinski definition) is 7. The molecule has 0 aliphatic rings. The number of halogens is 1. The standard InChI is InChI=1S/C24H27BrO7S/c1-3-30-23(26)22(19-9-5-4-6-10-19)21(17-32-24(27)31-16-8-7-15-25)18-11-13-20(14-12-18)33(2,28)29/h4-6,9-14H,3,7-8,15-17H2,1-2H3. The quantitative estimate of drug-likeness (QED) is 0.132. The summed E-state index contributed by atoms with van der Waals surface area (Å²) in [6, 6.07) is 14.9. The van der Waals surface area contributed by atoms with E-state index < -0.39 is 22.0 Å². The topological polar surface area (TPSA) is 96.0 Å². The van der Waals surface area contributed by atoms with Gasteiger partial charge in [0.05, 0.1) is 23.7 Å². The summed E-state index contributed by atoms with van der Waals surface area (Å²) >= 11 is 3.31. The number of esters is 1. The molecule has 0 aliphatic heterocycles. The van der Waals surface area contributed by atoms with Gasteiger partial charge in [-0.05, 0) is 43.0 Å². The maximum atomic E-state index is 12.9. The highest BCUT2D eigenvalue weighted by Gasteiger charge is 2.22. The molecule has 0 radical (unpaired) electrons. The summed E-state index contributed by atoms with van der Waals surface area (Å²) in [5, 5.41) is 0.807. The van der Waals surface area contributed by atoms with Gasteiger partial charge in [-0.2, -0.15) is 0 Å². The summed E-state index contributed by atoms with van der Waals surface area (Å²) in [5.74, 6) is -0.583. The molecule has 0 aliphatic carbocycles. The van der Waals surface area contributed by atoms with E-state index in [9.17, 15) is 18.0 Å². The van der Waals surface area contributed by atoms with Crippen molar-refractivity contribution in [1.82, 2.24) is 0 Å². The van der Waals surface area contributed by atoms with Crippen molar-refractivity contribution in [3.05, 3.63) is 65.7 Å². The number of carbonyl (C=O) groups excluding carboxylic acids is 2. The molecule has 9 heteroatoms. The van der Waals surface area contributed by atoms with Gasteiger partial charge in [0.25, 0.3) is 0 Å². The van der Waals surface area contributed by atoms with Crippen molar-refractivity contribution in [3.8, 4) is 0 Å². The van der Waals surface area contributed by atoms with Gasteiger partial charge in [0, 0.05) is 17.2 Å². The molecule has 2 rings (SSSR count). The van der Waals surface area contributed by atoms with Crippen LogP contribution in [0.1, 0.15) is 30.9 Å². The second-order valence-electron chi connectivity index (χ2n) is 7.02. The number of ether oxygens (including phenoxy) is 3. The Morgan fingerprint density at radius 3 is 2.12 bits per heavy atom. The minimum absolute atomic E-state index is 0.134. The molecule has 0 bridgehead atoms. The molecule has 0 unspecified atom stereocenters. The van der Waals surface area contributed by atoms with E-state index in [0.29, 0.717) is 23.1 Å². The summed E-state index contributed by atoms with van der Waals surface area (Å²) in [5.41, 5.74) is 1.68. The number of carbonyl (C=O) groups is 2. The van der Waals surface area contributed by atoms with Gasteiger partial charge in [0.2, 0.25) is 0 Å². The Morgan fingerprint density at radius 1 is 0.879 bits per heavy atom. The van der Waals surface area contributed by atoms with E-state index >= 15 is 0 Å². The van der Waals surface area contributed by atoms with Crippen molar-refractivity contribution in [1.29, 1.82) is 0 Å². The predicted octanol–water partition coefficient (Wildman–Crippen LogP) is 4.89. The Balaban J connectivity index is 2.47. The van der Waals surface area contributed by atoms with Crippen LogP contribution < -0.4 is 0 Å². The zero-order valence-electron chi connectivity index (χ0n) is 18.6. The van der Waals surface area contributed by atoms with Crippen LogP contribution in [0.4, 0.5) is 4.79 Å². The molecule has 7 nitrogen and oxygen atoms in total. The molecule has 0 heterocycles. The smallest absolute Gasteiger partial charge is 0.462 e. The largest absolute Gasteiger partial charge is 0.508 e. The average molecular weight is 539 g/mol. The lowest BCUT2D eigenvalue weighted by molar-refractivity contribution is -0.136. The molecule has 0 atom stereocenters. The van der Waals surface area contributed by atoms with E-state index in [1.807, 2.05) is 6.07 Å². The van der Waals surface area contributed by atoms with E-state index in [1.165, 1.54) is 12.1 Å². The number of benzene rings is 2. The van der Waals surface area contributed by atoms with Crippen LogP contribution >= 0.6 is 15.9 Å². The van der Waals surface area contributed by atoms with Gasteiger partial charge in [0.1, 0.15) is 6.61 Å². The molecule has 0 aromatic heterocycles. The Bertz CT molecular complexity index is 1060. The number of sulfone groups is 1. The monoisotopic (exact) mass is 538 g/mol. The molecule has 33 heavy (non-hydrogen) atoms. The van der Waals surface area contributed by atoms with Gasteiger partial charge < -0.3 is 14.2 Å². The predicted molar refractivity (Wildman–Crippen MR) is 130 cm³/mol. The Kier molecular flexibility index (Phi) is 10.6. The zero-order chi connectivity index (χ0) is 24.3. The third-order valence-electron chi connectivity index (χ3n) is 4.56. The summed E-state index contributed by atoms with van der Waals surface area (Å²) < 4.78 is 39.4. The van der Waals surface area contributed by atoms with Gasteiger partial charge in [-0.3, -0.25) is 0 Å². The van der Waals surface area contributed by atoms with Crippen LogP contribution in [0, 0.1) is 0 Å². The first-order valence-electron chi connectivity index (χ1n) is 10.4. The van der Waals surface area contributed by atoms with Gasteiger partial charge in [-0.25, -0.2) is 18.0 Å². The first kappa shape index (κ1) is 26.6. The fourth-order valence-electron chi connectivity index (χ4n) is 2.95. The second kappa shape index (κ2) is 13.2. The van der Waals surface area contributed by atoms with Crippen LogP contribution in [-0.2, 0) is 28.8 Å². The summed E-state index contributed by atoms with van der Waals surface area (Å²) in [6.07, 6.45) is 1.80. The molecule has 2 aromatic carbocycles. The molecule has 0 fully saturated rings. The Hall–Kier alpha value is -2.65. The second-order valence-corrected chi connectivity index (χ2v) is 9.83. The highest BCUT2D eigenvalue weighted by Crippen LogP contribution is 2.29. The van der Waals surface area contributed by atoms with Crippen LogP contribution in [0.15, 0.2) is 59.5 Å². The van der Waals surface area contributed by atoms with Gasteiger partial charge >= 0.3 is 12.1 Å². The summed E-state index contributed by atoms with van der Waals surface area (Å²) in [4.78, 5) is 25.2. The number of hydrogen-bond donors (Lipinski definition) is 0. The van der Waals surface area contributed by atoms with Crippen molar-refractivity contribution in [3.63, 3.8) is 0 Å². The van der Waals surface area contributed by atoms with Crippen molar-refractivity contribution >= 4 is 49.0 Å². The average Bonchev–Trinajstić information content (AvgIpc) is 2.79.